The molecule has 0 aliphatic carbocycles. The molecule has 0 spiro atoms. The molecule has 0 radical (unpaired) electrons. The smallest absolute Gasteiger partial charge is 0.306 e. The molecule has 1 rings (SSSR count). The number of carbonyl (C=O) groups excluding carboxylic acids is 1. The first-order valence-corrected chi connectivity index (χ1v) is 5.25. The molecule has 76 valence electrons. The van der Waals surface area contributed by atoms with Gasteiger partial charge in [0, 0.05) is 5.56 Å². The maximum atomic E-state index is 12.2. The van der Waals surface area contributed by atoms with Crippen LogP contribution >= 0.6 is 0 Å². The number of halogens is 1. The van der Waals surface area contributed by atoms with E-state index in [9.17, 15) is 17.1 Å². The summed E-state index contributed by atoms with van der Waals surface area (Å²) in [6.07, 6.45) is 0. The molecule has 0 unspecified atom stereocenters. The minimum atomic E-state index is -4.53. The lowest BCUT2D eigenvalue weighted by molar-refractivity contribution is 0.100. The molecule has 0 saturated carbocycles. The zero-order chi connectivity index (χ0) is 10.8. The van der Waals surface area contributed by atoms with Crippen LogP contribution < -0.4 is 5.73 Å². The minimum Gasteiger partial charge on any atom is -0.366 e. The quantitative estimate of drug-likeness (QED) is 0.752. The Bertz CT molecular complexity index is 438. The Kier molecular flexibility index (Phi) is 2.85. The van der Waals surface area contributed by atoms with Crippen LogP contribution in [0.5, 0.6) is 0 Å². The first-order valence-electron chi connectivity index (χ1n) is 3.69. The zero-order valence-electron chi connectivity index (χ0n) is 7.10. The van der Waals surface area contributed by atoms with Crippen LogP contribution in [-0.2, 0) is 16.0 Å². The summed E-state index contributed by atoms with van der Waals surface area (Å²) in [6, 6.07) is 5.39. The third kappa shape index (κ3) is 3.14. The van der Waals surface area contributed by atoms with Crippen LogP contribution in [0.2, 0.25) is 0 Å². The topological polar surface area (TPSA) is 77.2 Å². The lowest BCUT2D eigenvalue weighted by atomic mass is 10.1. The molecule has 0 heterocycles. The van der Waals surface area contributed by atoms with Crippen molar-refractivity contribution in [3.8, 4) is 0 Å². The number of amides is 1. The number of carbonyl (C=O) groups is 1. The Morgan fingerprint density at radius 3 is 2.14 bits per heavy atom. The van der Waals surface area contributed by atoms with Gasteiger partial charge < -0.3 is 5.73 Å². The predicted octanol–water partition coefficient (Wildman–Crippen LogP) is 0.585. The van der Waals surface area contributed by atoms with Crippen molar-refractivity contribution in [2.45, 2.75) is 5.75 Å². The summed E-state index contributed by atoms with van der Waals surface area (Å²) in [7, 11) is -4.53. The molecule has 14 heavy (non-hydrogen) atoms. The highest BCUT2D eigenvalue weighted by Gasteiger charge is 2.08. The molecule has 2 N–H and O–H groups in total. The van der Waals surface area contributed by atoms with Crippen molar-refractivity contribution < 1.29 is 17.1 Å². The molecule has 1 aromatic rings. The number of nitrogens with two attached hydrogens (primary N) is 1. The van der Waals surface area contributed by atoms with E-state index in [2.05, 4.69) is 0 Å². The first-order chi connectivity index (χ1) is 6.38. The second-order valence-corrected chi connectivity index (χ2v) is 4.11. The monoisotopic (exact) mass is 217 g/mol. The molecule has 0 fully saturated rings. The Labute approximate surface area is 80.7 Å². The van der Waals surface area contributed by atoms with Gasteiger partial charge in [0.1, 0.15) is 5.75 Å². The fraction of sp³-hybridized carbons (Fsp3) is 0.125. The summed E-state index contributed by atoms with van der Waals surface area (Å²) >= 11 is 0. The molecule has 1 aromatic carbocycles. The van der Waals surface area contributed by atoms with E-state index in [1.54, 1.807) is 0 Å². The van der Waals surface area contributed by atoms with Crippen LogP contribution in [0.25, 0.3) is 0 Å². The lowest BCUT2D eigenvalue weighted by Crippen LogP contribution is -2.10. The van der Waals surface area contributed by atoms with Gasteiger partial charge in [-0.3, -0.25) is 4.79 Å². The van der Waals surface area contributed by atoms with E-state index in [-0.39, 0.29) is 11.1 Å². The van der Waals surface area contributed by atoms with Crippen LogP contribution in [-0.4, -0.2) is 14.3 Å². The first kappa shape index (κ1) is 10.6. The maximum absolute atomic E-state index is 12.2. The van der Waals surface area contributed by atoms with Gasteiger partial charge >= 0.3 is 10.2 Å². The molecule has 0 bridgehead atoms. The van der Waals surface area contributed by atoms with Crippen molar-refractivity contribution in [2.24, 2.45) is 5.73 Å². The lowest BCUT2D eigenvalue weighted by Gasteiger charge is -1.98. The molecule has 6 heteroatoms. The van der Waals surface area contributed by atoms with Crippen molar-refractivity contribution >= 4 is 16.1 Å². The van der Waals surface area contributed by atoms with Crippen molar-refractivity contribution in [3.63, 3.8) is 0 Å². The van der Waals surface area contributed by atoms with Gasteiger partial charge in [0.15, 0.2) is 0 Å². The Balaban J connectivity index is 2.90. The number of primary amides is 1. The number of benzene rings is 1. The number of hydrogen-bond donors (Lipinski definition) is 1. The van der Waals surface area contributed by atoms with E-state index >= 15 is 0 Å². The van der Waals surface area contributed by atoms with E-state index in [1.165, 1.54) is 24.3 Å². The number of hydrogen-bond acceptors (Lipinski definition) is 3. The Hall–Kier alpha value is -1.43. The van der Waals surface area contributed by atoms with E-state index in [0.717, 1.165) is 0 Å². The van der Waals surface area contributed by atoms with Crippen molar-refractivity contribution in [2.75, 3.05) is 0 Å². The van der Waals surface area contributed by atoms with Gasteiger partial charge in [-0.05, 0) is 17.7 Å². The molecule has 1 amide bonds. The summed E-state index contributed by atoms with van der Waals surface area (Å²) < 4.78 is 32.7. The van der Waals surface area contributed by atoms with Crippen molar-refractivity contribution in [3.05, 3.63) is 35.4 Å². The standard InChI is InChI=1S/C8H8FNO3S/c9-14(12,13)5-6-1-3-7(4-2-6)8(10)11/h1-4H,5H2,(H2,10,11). The highest BCUT2D eigenvalue weighted by atomic mass is 32.3. The second kappa shape index (κ2) is 3.75. The van der Waals surface area contributed by atoms with Gasteiger partial charge in [-0.1, -0.05) is 12.1 Å². The minimum absolute atomic E-state index is 0.255. The van der Waals surface area contributed by atoms with Crippen LogP contribution in [0.1, 0.15) is 15.9 Å². The summed E-state index contributed by atoms with van der Waals surface area (Å²) in [5, 5.41) is 0. The van der Waals surface area contributed by atoms with Crippen LogP contribution in [0.15, 0.2) is 24.3 Å². The third-order valence-corrected chi connectivity index (χ3v) is 2.26. The fourth-order valence-electron chi connectivity index (χ4n) is 0.964. The summed E-state index contributed by atoms with van der Waals surface area (Å²) in [4.78, 5) is 10.6. The highest BCUT2D eigenvalue weighted by Crippen LogP contribution is 2.08. The molecule has 0 aliphatic rings. The van der Waals surface area contributed by atoms with Gasteiger partial charge in [0.25, 0.3) is 0 Å². The van der Waals surface area contributed by atoms with Crippen molar-refractivity contribution in [1.82, 2.24) is 0 Å². The SMILES string of the molecule is NC(=O)c1ccc(CS(=O)(=O)F)cc1. The summed E-state index contributed by atoms with van der Waals surface area (Å²) in [5.74, 6) is -1.30. The average Bonchev–Trinajstić information content (AvgIpc) is 2.02. The van der Waals surface area contributed by atoms with Crippen LogP contribution in [0.4, 0.5) is 3.89 Å². The third-order valence-electron chi connectivity index (χ3n) is 1.58. The van der Waals surface area contributed by atoms with Crippen molar-refractivity contribution in [1.29, 1.82) is 0 Å². The van der Waals surface area contributed by atoms with E-state index in [1.807, 2.05) is 0 Å². The van der Waals surface area contributed by atoms with Gasteiger partial charge in [-0.15, -0.1) is 3.89 Å². The fourth-order valence-corrected chi connectivity index (χ4v) is 1.55. The number of rotatable bonds is 3. The van der Waals surface area contributed by atoms with Gasteiger partial charge in [0.2, 0.25) is 5.91 Å². The van der Waals surface area contributed by atoms with Crippen LogP contribution in [0.3, 0.4) is 0 Å². The molecule has 4 nitrogen and oxygen atoms in total. The Morgan fingerprint density at radius 2 is 1.79 bits per heavy atom. The molecule has 0 aliphatic heterocycles. The maximum Gasteiger partial charge on any atom is 0.306 e. The largest absolute Gasteiger partial charge is 0.366 e. The van der Waals surface area contributed by atoms with Gasteiger partial charge in [0.05, 0.1) is 0 Å². The second-order valence-electron chi connectivity index (χ2n) is 2.74. The van der Waals surface area contributed by atoms with E-state index < -0.39 is 21.9 Å². The molecule has 0 atom stereocenters. The average molecular weight is 217 g/mol. The van der Waals surface area contributed by atoms with Gasteiger partial charge in [-0.2, -0.15) is 8.42 Å². The molecular weight excluding hydrogens is 209 g/mol. The summed E-state index contributed by atoms with van der Waals surface area (Å²) in [6.45, 7) is 0. The predicted molar refractivity (Wildman–Crippen MR) is 48.7 cm³/mol. The van der Waals surface area contributed by atoms with Crippen LogP contribution in [0, 0.1) is 0 Å². The normalized spacial score (nSPS) is 11.2. The Morgan fingerprint density at radius 1 is 1.29 bits per heavy atom. The van der Waals surface area contributed by atoms with E-state index in [0.29, 0.717) is 0 Å². The molecule has 0 saturated heterocycles. The molecule has 0 aromatic heterocycles. The van der Waals surface area contributed by atoms with Gasteiger partial charge in [-0.25, -0.2) is 0 Å². The summed E-state index contributed by atoms with van der Waals surface area (Å²) in [5.41, 5.74) is 5.49. The highest BCUT2D eigenvalue weighted by molar-refractivity contribution is 7.85. The van der Waals surface area contributed by atoms with E-state index in [4.69, 9.17) is 5.73 Å². The zero-order valence-corrected chi connectivity index (χ0v) is 7.92. The molecular formula is C8H8FNO3S.